The third-order valence-corrected chi connectivity index (χ3v) is 7.09. The van der Waals surface area contributed by atoms with E-state index in [2.05, 4.69) is 15.5 Å². The fourth-order valence-electron chi connectivity index (χ4n) is 3.57. The highest BCUT2D eigenvalue weighted by molar-refractivity contribution is 7.89. The number of aryl methyl sites for hydroxylation is 2. The second-order valence-electron chi connectivity index (χ2n) is 7.48. The van der Waals surface area contributed by atoms with Crippen LogP contribution in [0.3, 0.4) is 0 Å². The average molecular weight is 449 g/mol. The zero-order chi connectivity index (χ0) is 22.2. The number of benzene rings is 1. The van der Waals surface area contributed by atoms with Crippen LogP contribution in [-0.4, -0.2) is 46.4 Å². The molecule has 11 nitrogen and oxygen atoms in total. The van der Waals surface area contributed by atoms with Crippen LogP contribution in [0.15, 0.2) is 36.8 Å². The molecule has 0 saturated carbocycles. The number of sulfonamides is 1. The molecule has 166 valence electrons. The van der Waals surface area contributed by atoms with Crippen molar-refractivity contribution in [1.82, 2.24) is 24.3 Å². The Balaban J connectivity index is 1.47. The first-order valence-corrected chi connectivity index (χ1v) is 11.4. The number of nitrogens with one attached hydrogen (secondary N) is 1. The lowest BCUT2D eigenvalue weighted by atomic mass is 10.3. The monoisotopic (exact) mass is 449 g/mol. The van der Waals surface area contributed by atoms with Gasteiger partial charge in [0, 0.05) is 32.1 Å². The van der Waals surface area contributed by atoms with Crippen molar-refractivity contribution in [3.63, 3.8) is 0 Å². The summed E-state index contributed by atoms with van der Waals surface area (Å²) in [5.41, 5.74) is 0.596. The number of aromatic nitrogens is 3. The van der Waals surface area contributed by atoms with E-state index in [0.717, 1.165) is 12.8 Å². The third-order valence-electron chi connectivity index (χ3n) is 5.20. The molecular weight excluding hydrogens is 426 g/mol. The molecule has 3 aromatic rings. The molecule has 0 bridgehead atoms. The molecule has 2 aromatic heterocycles. The molecule has 1 saturated heterocycles. The van der Waals surface area contributed by atoms with Crippen LogP contribution >= 0.6 is 0 Å². The van der Waals surface area contributed by atoms with Crippen LogP contribution in [0.1, 0.15) is 43.9 Å². The number of nitrogens with zero attached hydrogens (tertiary/aromatic N) is 4. The molecule has 0 unspecified atom stereocenters. The van der Waals surface area contributed by atoms with Crippen molar-refractivity contribution in [2.75, 3.05) is 13.1 Å². The van der Waals surface area contributed by atoms with Crippen LogP contribution < -0.4 is 11.1 Å². The van der Waals surface area contributed by atoms with E-state index in [-0.39, 0.29) is 29.4 Å². The highest BCUT2D eigenvalue weighted by Crippen LogP contribution is 2.24. The molecule has 1 fully saturated rings. The van der Waals surface area contributed by atoms with Gasteiger partial charge in [-0.15, -0.1) is 0 Å². The molecule has 0 radical (unpaired) electrons. The summed E-state index contributed by atoms with van der Waals surface area (Å²) in [5, 5.41) is 6.42. The SMILES string of the molecule is Cc1noc([C@H](C)NC(=O)CCn2c(=O)oc3cc(S(=O)(=O)N4CCCC4)ccc32)n1. The minimum absolute atomic E-state index is 0.0137. The molecule has 1 aliphatic heterocycles. The van der Waals surface area contributed by atoms with Gasteiger partial charge in [-0.1, -0.05) is 5.16 Å². The Kier molecular flexibility index (Phi) is 5.67. The molecule has 1 atom stereocenters. The summed E-state index contributed by atoms with van der Waals surface area (Å²) in [7, 11) is -3.62. The maximum atomic E-state index is 12.7. The van der Waals surface area contributed by atoms with Crippen molar-refractivity contribution in [1.29, 1.82) is 0 Å². The lowest BCUT2D eigenvalue weighted by molar-refractivity contribution is -0.122. The summed E-state index contributed by atoms with van der Waals surface area (Å²) in [6.45, 7) is 4.45. The Morgan fingerprint density at radius 3 is 2.71 bits per heavy atom. The van der Waals surface area contributed by atoms with Gasteiger partial charge in [0.25, 0.3) is 0 Å². The van der Waals surface area contributed by atoms with Gasteiger partial charge >= 0.3 is 5.76 Å². The van der Waals surface area contributed by atoms with Crippen molar-refractivity contribution in [2.45, 2.75) is 50.6 Å². The molecule has 1 N–H and O–H groups in total. The summed E-state index contributed by atoms with van der Waals surface area (Å²) in [6.07, 6.45) is 1.68. The summed E-state index contributed by atoms with van der Waals surface area (Å²) < 4.78 is 38.5. The average Bonchev–Trinajstić information content (AvgIpc) is 3.46. The summed E-state index contributed by atoms with van der Waals surface area (Å²) in [4.78, 5) is 28.7. The quantitative estimate of drug-likeness (QED) is 0.570. The van der Waals surface area contributed by atoms with Gasteiger partial charge in [-0.05, 0) is 38.8 Å². The Morgan fingerprint density at radius 2 is 2.03 bits per heavy atom. The molecule has 0 aliphatic carbocycles. The number of hydrogen-bond acceptors (Lipinski definition) is 8. The Labute approximate surface area is 178 Å². The van der Waals surface area contributed by atoms with Gasteiger partial charge in [-0.3, -0.25) is 9.36 Å². The van der Waals surface area contributed by atoms with Gasteiger partial charge in [-0.25, -0.2) is 13.2 Å². The standard InChI is InChI=1S/C19H23N5O6S/c1-12(18-21-13(2)22-30-18)20-17(25)7-10-24-15-6-5-14(11-16(15)29-19(24)26)31(27,28)23-8-3-4-9-23/h5-6,11-12H,3-4,7-10H2,1-2H3,(H,20,25)/t12-/m0/s1. The van der Waals surface area contributed by atoms with Crippen molar-refractivity contribution >= 4 is 27.0 Å². The second kappa shape index (κ2) is 8.27. The van der Waals surface area contributed by atoms with Gasteiger partial charge in [0.15, 0.2) is 11.4 Å². The van der Waals surface area contributed by atoms with E-state index >= 15 is 0 Å². The highest BCUT2D eigenvalue weighted by Gasteiger charge is 2.28. The van der Waals surface area contributed by atoms with E-state index < -0.39 is 21.8 Å². The molecule has 4 rings (SSSR count). The van der Waals surface area contributed by atoms with Gasteiger partial charge < -0.3 is 14.3 Å². The maximum Gasteiger partial charge on any atom is 0.419 e. The van der Waals surface area contributed by atoms with Gasteiger partial charge in [0.1, 0.15) is 6.04 Å². The first-order valence-electron chi connectivity index (χ1n) is 9.99. The van der Waals surface area contributed by atoms with Gasteiger partial charge in [-0.2, -0.15) is 9.29 Å². The number of carbonyl (C=O) groups is 1. The molecule has 1 amide bonds. The van der Waals surface area contributed by atoms with E-state index in [0.29, 0.717) is 30.3 Å². The topological polar surface area (TPSA) is 141 Å². The number of fused-ring (bicyclic) bond motifs is 1. The molecule has 12 heteroatoms. The maximum absolute atomic E-state index is 12.7. The normalized spacial score (nSPS) is 16.1. The molecule has 3 heterocycles. The first-order chi connectivity index (χ1) is 14.8. The number of carbonyl (C=O) groups excluding carboxylic acids is 1. The minimum atomic E-state index is -3.62. The fraction of sp³-hybridized carbons (Fsp3) is 0.474. The third kappa shape index (κ3) is 4.26. The molecular formula is C19H23N5O6S. The predicted molar refractivity (Wildman–Crippen MR) is 109 cm³/mol. The number of hydrogen-bond donors (Lipinski definition) is 1. The van der Waals surface area contributed by atoms with Crippen LogP contribution in [0.25, 0.3) is 11.1 Å². The van der Waals surface area contributed by atoms with Crippen molar-refractivity contribution in [2.24, 2.45) is 0 Å². The molecule has 0 spiro atoms. The van der Waals surface area contributed by atoms with Crippen molar-refractivity contribution < 1.29 is 22.2 Å². The number of amides is 1. The largest absolute Gasteiger partial charge is 0.419 e. The van der Waals surface area contributed by atoms with Crippen LogP contribution in [0.5, 0.6) is 0 Å². The molecule has 1 aliphatic rings. The lowest BCUT2D eigenvalue weighted by Gasteiger charge is -2.15. The van der Waals surface area contributed by atoms with Crippen LogP contribution in [0.4, 0.5) is 0 Å². The summed E-state index contributed by atoms with van der Waals surface area (Å²) in [6, 6.07) is 3.89. The van der Waals surface area contributed by atoms with E-state index in [1.54, 1.807) is 13.8 Å². The predicted octanol–water partition coefficient (Wildman–Crippen LogP) is 1.34. The van der Waals surface area contributed by atoms with Crippen molar-refractivity contribution in [3.8, 4) is 0 Å². The second-order valence-corrected chi connectivity index (χ2v) is 9.42. The smallest absolute Gasteiger partial charge is 0.408 e. The van der Waals surface area contributed by atoms with E-state index in [1.165, 1.54) is 27.1 Å². The van der Waals surface area contributed by atoms with Crippen LogP contribution in [0, 0.1) is 6.92 Å². The van der Waals surface area contributed by atoms with E-state index in [9.17, 15) is 18.0 Å². The lowest BCUT2D eigenvalue weighted by Crippen LogP contribution is -2.28. The van der Waals surface area contributed by atoms with Crippen LogP contribution in [0.2, 0.25) is 0 Å². The number of oxazole rings is 1. The summed E-state index contributed by atoms with van der Waals surface area (Å²) in [5.74, 6) is -0.195. The van der Waals surface area contributed by atoms with E-state index in [4.69, 9.17) is 8.94 Å². The Bertz CT molecular complexity index is 1270. The Morgan fingerprint density at radius 1 is 1.29 bits per heavy atom. The minimum Gasteiger partial charge on any atom is -0.408 e. The molecule has 1 aromatic carbocycles. The highest BCUT2D eigenvalue weighted by atomic mass is 32.2. The molecule has 31 heavy (non-hydrogen) atoms. The van der Waals surface area contributed by atoms with Crippen LogP contribution in [-0.2, 0) is 21.4 Å². The zero-order valence-electron chi connectivity index (χ0n) is 17.2. The van der Waals surface area contributed by atoms with Gasteiger partial charge in [0.05, 0.1) is 10.4 Å². The first kappa shape index (κ1) is 21.2. The summed E-state index contributed by atoms with van der Waals surface area (Å²) >= 11 is 0. The van der Waals surface area contributed by atoms with Crippen molar-refractivity contribution in [3.05, 3.63) is 40.5 Å². The fourth-order valence-corrected chi connectivity index (χ4v) is 5.11. The zero-order valence-corrected chi connectivity index (χ0v) is 18.0. The number of rotatable bonds is 7. The Hall–Kier alpha value is -2.99. The van der Waals surface area contributed by atoms with E-state index in [1.807, 2.05) is 0 Å². The van der Waals surface area contributed by atoms with Gasteiger partial charge in [0.2, 0.25) is 21.8 Å².